The molecule has 0 aliphatic rings. The van der Waals surface area contributed by atoms with Gasteiger partial charge in [-0.3, -0.25) is 39.2 Å². The Kier molecular flexibility index (Phi) is 7.69. The number of benzene rings is 1. The third-order valence-corrected chi connectivity index (χ3v) is 5.45. The Morgan fingerprint density at radius 3 is 2.29 bits per heavy atom. The molecule has 3 rings (SSSR count). The number of amides is 2. The number of hydrogen-bond donors (Lipinski definition) is 2. The molecular formula is C22H27N7O6. The normalized spacial score (nSPS) is 10.7. The number of anilines is 1. The number of carbonyl (C=O) groups is 3. The second-order valence-electron chi connectivity index (χ2n) is 7.63. The maximum absolute atomic E-state index is 12.4. The maximum Gasteiger partial charge on any atom is 0.332 e. The van der Waals surface area contributed by atoms with Crippen LogP contribution in [0.3, 0.4) is 0 Å². The van der Waals surface area contributed by atoms with Crippen molar-refractivity contribution in [3.05, 3.63) is 57.0 Å². The van der Waals surface area contributed by atoms with Gasteiger partial charge < -0.3 is 14.2 Å². The molecule has 2 heterocycles. The molecule has 2 N–H and O–H groups in total. The maximum atomic E-state index is 12.4. The van der Waals surface area contributed by atoms with Crippen LogP contribution in [0.25, 0.3) is 11.2 Å². The molecule has 13 heteroatoms. The minimum atomic E-state index is -0.811. The molecule has 1 aromatic carbocycles. The zero-order valence-electron chi connectivity index (χ0n) is 19.9. The van der Waals surface area contributed by atoms with Gasteiger partial charge in [0.05, 0.1) is 6.33 Å². The van der Waals surface area contributed by atoms with Crippen molar-refractivity contribution in [1.82, 2.24) is 29.5 Å². The summed E-state index contributed by atoms with van der Waals surface area (Å²) in [6, 6.07) is 6.92. The van der Waals surface area contributed by atoms with Gasteiger partial charge in [0.1, 0.15) is 6.54 Å². The van der Waals surface area contributed by atoms with Gasteiger partial charge in [0, 0.05) is 38.4 Å². The number of hydrazine groups is 1. The Morgan fingerprint density at radius 1 is 1.00 bits per heavy atom. The van der Waals surface area contributed by atoms with Gasteiger partial charge >= 0.3 is 11.7 Å². The molecule has 13 nitrogen and oxygen atoms in total. The summed E-state index contributed by atoms with van der Waals surface area (Å²) in [7, 11) is 2.77. The Bertz CT molecular complexity index is 1370. The molecule has 2 aromatic heterocycles. The van der Waals surface area contributed by atoms with Crippen molar-refractivity contribution >= 4 is 34.6 Å². The van der Waals surface area contributed by atoms with Crippen LogP contribution in [0.5, 0.6) is 0 Å². The minimum absolute atomic E-state index is 0.0512. The highest BCUT2D eigenvalue weighted by Crippen LogP contribution is 2.14. The highest BCUT2D eigenvalue weighted by atomic mass is 16.5. The Balaban J connectivity index is 1.52. The lowest BCUT2D eigenvalue weighted by atomic mass is 10.2. The summed E-state index contributed by atoms with van der Waals surface area (Å²) in [4.78, 5) is 66.9. The quantitative estimate of drug-likeness (QED) is 0.314. The van der Waals surface area contributed by atoms with E-state index >= 15 is 0 Å². The predicted molar refractivity (Wildman–Crippen MR) is 127 cm³/mol. The molecule has 0 spiro atoms. The van der Waals surface area contributed by atoms with Crippen LogP contribution in [0.1, 0.15) is 24.2 Å². The summed E-state index contributed by atoms with van der Waals surface area (Å²) in [5.41, 5.74) is 4.78. The third kappa shape index (κ3) is 5.39. The lowest BCUT2D eigenvalue weighted by molar-refractivity contribution is -0.149. The second kappa shape index (κ2) is 10.7. The number of ether oxygens (including phenoxy) is 1. The van der Waals surface area contributed by atoms with E-state index in [4.69, 9.17) is 4.74 Å². The SMILES string of the molecule is CCN(CC)c1ccc(C(=O)NNC(=O)COC(=O)Cn2cnc3c2c(=O)n(C)c(=O)n3C)cc1. The van der Waals surface area contributed by atoms with Crippen LogP contribution in [0, 0.1) is 0 Å². The van der Waals surface area contributed by atoms with Crippen LogP contribution < -0.4 is 27.0 Å². The molecule has 0 saturated heterocycles. The summed E-state index contributed by atoms with van der Waals surface area (Å²) in [6.45, 7) is 4.70. The largest absolute Gasteiger partial charge is 0.454 e. The first-order valence-corrected chi connectivity index (χ1v) is 10.9. The van der Waals surface area contributed by atoms with Gasteiger partial charge in [-0.1, -0.05) is 0 Å². The molecule has 0 aliphatic carbocycles. The highest BCUT2D eigenvalue weighted by Gasteiger charge is 2.17. The summed E-state index contributed by atoms with van der Waals surface area (Å²) in [5, 5.41) is 0. The molecule has 0 fully saturated rings. The number of aromatic nitrogens is 4. The highest BCUT2D eigenvalue weighted by molar-refractivity contribution is 5.95. The lowest BCUT2D eigenvalue weighted by Crippen LogP contribution is -2.43. The van der Waals surface area contributed by atoms with Crippen LogP contribution >= 0.6 is 0 Å². The zero-order chi connectivity index (χ0) is 25.7. The fourth-order valence-electron chi connectivity index (χ4n) is 3.49. The lowest BCUT2D eigenvalue weighted by Gasteiger charge is -2.21. The van der Waals surface area contributed by atoms with E-state index in [-0.39, 0.29) is 11.2 Å². The predicted octanol–water partition coefficient (Wildman–Crippen LogP) is -0.716. The van der Waals surface area contributed by atoms with E-state index in [1.807, 2.05) is 26.0 Å². The van der Waals surface area contributed by atoms with E-state index in [1.165, 1.54) is 29.6 Å². The summed E-state index contributed by atoms with van der Waals surface area (Å²) in [6.07, 6.45) is 1.23. The van der Waals surface area contributed by atoms with Gasteiger partial charge in [-0.2, -0.15) is 0 Å². The number of nitrogens with zero attached hydrogens (tertiary/aromatic N) is 5. The van der Waals surface area contributed by atoms with Crippen molar-refractivity contribution in [2.45, 2.75) is 20.4 Å². The first-order valence-electron chi connectivity index (χ1n) is 10.9. The average molecular weight is 486 g/mol. The van der Waals surface area contributed by atoms with E-state index in [9.17, 15) is 24.0 Å². The Morgan fingerprint density at radius 2 is 1.66 bits per heavy atom. The number of nitrogens with one attached hydrogen (secondary N) is 2. The van der Waals surface area contributed by atoms with E-state index in [1.54, 1.807) is 12.1 Å². The average Bonchev–Trinajstić information content (AvgIpc) is 3.28. The fraction of sp³-hybridized carbons (Fsp3) is 0.364. The zero-order valence-corrected chi connectivity index (χ0v) is 19.9. The molecule has 35 heavy (non-hydrogen) atoms. The Labute approximate surface area is 199 Å². The molecule has 0 aliphatic heterocycles. The molecule has 3 aromatic rings. The van der Waals surface area contributed by atoms with Crippen LogP contribution in [-0.2, 0) is 35.0 Å². The topological polar surface area (TPSA) is 150 Å². The number of fused-ring (bicyclic) bond motifs is 1. The number of esters is 1. The van der Waals surface area contributed by atoms with Crippen LogP contribution in [-0.4, -0.2) is 56.2 Å². The van der Waals surface area contributed by atoms with Crippen molar-refractivity contribution in [2.24, 2.45) is 14.1 Å². The number of hydrogen-bond acceptors (Lipinski definition) is 8. The number of rotatable bonds is 8. The summed E-state index contributed by atoms with van der Waals surface area (Å²) in [5.74, 6) is -2.09. The van der Waals surface area contributed by atoms with Gasteiger partial charge in [-0.15, -0.1) is 0 Å². The molecule has 0 atom stereocenters. The molecule has 186 valence electrons. The minimum Gasteiger partial charge on any atom is -0.454 e. The van der Waals surface area contributed by atoms with E-state index in [0.717, 1.165) is 23.3 Å². The van der Waals surface area contributed by atoms with Crippen LogP contribution in [0.2, 0.25) is 0 Å². The fourth-order valence-corrected chi connectivity index (χ4v) is 3.49. The monoisotopic (exact) mass is 485 g/mol. The second-order valence-corrected chi connectivity index (χ2v) is 7.63. The number of imidazole rings is 1. The van der Waals surface area contributed by atoms with Crippen molar-refractivity contribution in [2.75, 3.05) is 24.6 Å². The first-order chi connectivity index (χ1) is 16.7. The van der Waals surface area contributed by atoms with E-state index < -0.39 is 42.2 Å². The van der Waals surface area contributed by atoms with Crippen molar-refractivity contribution in [3.8, 4) is 0 Å². The molecule has 0 saturated carbocycles. The Hall–Kier alpha value is -4.42. The molecule has 0 bridgehead atoms. The smallest absolute Gasteiger partial charge is 0.332 e. The van der Waals surface area contributed by atoms with Crippen LogP contribution in [0.4, 0.5) is 5.69 Å². The van der Waals surface area contributed by atoms with Crippen LogP contribution in [0.15, 0.2) is 40.2 Å². The number of carbonyl (C=O) groups excluding carboxylic acids is 3. The standard InChI is InChI=1S/C22H27N7O6/c1-5-28(6-2)15-9-7-14(8-10-15)20(32)25-24-16(30)12-35-17(31)11-29-13-23-19-18(29)21(33)27(4)22(34)26(19)3/h7-10,13H,5-6,11-12H2,1-4H3,(H,24,30)(H,25,32). The van der Waals surface area contributed by atoms with Crippen molar-refractivity contribution < 1.29 is 19.1 Å². The van der Waals surface area contributed by atoms with Gasteiger partial charge in [0.25, 0.3) is 17.4 Å². The van der Waals surface area contributed by atoms with Crippen molar-refractivity contribution in [1.29, 1.82) is 0 Å². The molecule has 0 unspecified atom stereocenters. The molecular weight excluding hydrogens is 458 g/mol. The van der Waals surface area contributed by atoms with Gasteiger partial charge in [0.2, 0.25) is 0 Å². The summed E-state index contributed by atoms with van der Waals surface area (Å²) >= 11 is 0. The van der Waals surface area contributed by atoms with Gasteiger partial charge in [0.15, 0.2) is 17.8 Å². The molecule has 2 amide bonds. The van der Waals surface area contributed by atoms with Gasteiger partial charge in [-0.25, -0.2) is 9.78 Å². The molecule has 0 radical (unpaired) electrons. The van der Waals surface area contributed by atoms with Gasteiger partial charge in [-0.05, 0) is 38.1 Å². The van der Waals surface area contributed by atoms with E-state index in [2.05, 4.69) is 20.7 Å². The number of aryl methyl sites for hydroxylation is 1. The third-order valence-electron chi connectivity index (χ3n) is 5.45. The summed E-state index contributed by atoms with van der Waals surface area (Å²) < 4.78 is 8.25. The first kappa shape index (κ1) is 25.2. The van der Waals surface area contributed by atoms with Crippen molar-refractivity contribution in [3.63, 3.8) is 0 Å². The van der Waals surface area contributed by atoms with E-state index in [0.29, 0.717) is 5.56 Å².